The molecule has 0 atom stereocenters. The van der Waals surface area contributed by atoms with Crippen molar-refractivity contribution in [1.29, 1.82) is 0 Å². The monoisotopic (exact) mass is 438 g/mol. The summed E-state index contributed by atoms with van der Waals surface area (Å²) in [6, 6.07) is 13.9. The van der Waals surface area contributed by atoms with Gasteiger partial charge in [0.2, 0.25) is 5.89 Å². The molecule has 0 aliphatic carbocycles. The van der Waals surface area contributed by atoms with E-state index >= 15 is 0 Å². The van der Waals surface area contributed by atoms with E-state index in [4.69, 9.17) is 13.9 Å². The van der Waals surface area contributed by atoms with Crippen molar-refractivity contribution < 1.29 is 23.5 Å². The molecule has 0 radical (unpaired) electrons. The molecule has 0 unspecified atom stereocenters. The van der Waals surface area contributed by atoms with Gasteiger partial charge in [0.25, 0.3) is 5.91 Å². The van der Waals surface area contributed by atoms with Crippen LogP contribution >= 0.6 is 0 Å². The maximum absolute atomic E-state index is 12.1. The number of rotatable bonds is 10. The third-order valence-electron chi connectivity index (χ3n) is 4.41. The number of urea groups is 1. The molecule has 0 aliphatic rings. The van der Waals surface area contributed by atoms with Crippen molar-refractivity contribution in [2.24, 2.45) is 0 Å². The van der Waals surface area contributed by atoms with Crippen LogP contribution < -0.4 is 25.4 Å². The molecular weight excluding hydrogens is 412 g/mol. The van der Waals surface area contributed by atoms with Gasteiger partial charge in [0, 0.05) is 30.8 Å². The number of hydrogen-bond acceptors (Lipinski definition) is 6. The van der Waals surface area contributed by atoms with E-state index < -0.39 is 0 Å². The fourth-order valence-corrected chi connectivity index (χ4v) is 2.80. The summed E-state index contributed by atoms with van der Waals surface area (Å²) >= 11 is 0. The van der Waals surface area contributed by atoms with Crippen LogP contribution in [-0.4, -0.2) is 43.7 Å². The molecule has 1 aromatic heterocycles. The minimum Gasteiger partial charge on any atom is -0.497 e. The first-order valence-corrected chi connectivity index (χ1v) is 10.2. The van der Waals surface area contributed by atoms with Crippen LogP contribution in [-0.2, 0) is 11.2 Å². The number of anilines is 1. The molecule has 0 bridgehead atoms. The Bertz CT molecular complexity index is 1020. The van der Waals surface area contributed by atoms with Gasteiger partial charge in [-0.3, -0.25) is 4.79 Å². The number of likely N-dealkylation sites (N-methyl/N-ethyl adjacent to an activating group) is 1. The highest BCUT2D eigenvalue weighted by molar-refractivity contribution is 5.89. The number of aromatic nitrogens is 1. The van der Waals surface area contributed by atoms with Gasteiger partial charge in [0.05, 0.1) is 12.8 Å². The number of nitrogens with one attached hydrogen (secondary N) is 3. The Morgan fingerprint density at radius 3 is 2.41 bits per heavy atom. The molecule has 1 heterocycles. The summed E-state index contributed by atoms with van der Waals surface area (Å²) in [5, 5.41) is 8.18. The molecule has 0 fully saturated rings. The standard InChI is InChI=1S/C23H26N4O5/c1-3-24-21(28)15-31-20-10-6-17(7-11-20)27-23(29)25-13-12-18-14-32-22(26-18)16-4-8-19(30-2)9-5-16/h4-11,14H,3,12-13,15H2,1-2H3,(H,24,28)(H2,25,27,29). The highest BCUT2D eigenvalue weighted by atomic mass is 16.5. The molecule has 3 aromatic rings. The topological polar surface area (TPSA) is 115 Å². The third kappa shape index (κ3) is 6.76. The highest BCUT2D eigenvalue weighted by Gasteiger charge is 2.08. The zero-order valence-corrected chi connectivity index (χ0v) is 18.0. The van der Waals surface area contributed by atoms with E-state index in [1.54, 1.807) is 37.6 Å². The summed E-state index contributed by atoms with van der Waals surface area (Å²) < 4.78 is 16.0. The average molecular weight is 438 g/mol. The number of amides is 3. The van der Waals surface area contributed by atoms with Crippen molar-refractivity contribution >= 4 is 17.6 Å². The van der Waals surface area contributed by atoms with E-state index in [-0.39, 0.29) is 18.5 Å². The Labute approximate surface area is 186 Å². The smallest absolute Gasteiger partial charge is 0.319 e. The van der Waals surface area contributed by atoms with Crippen LogP contribution in [0, 0.1) is 0 Å². The number of hydrogen-bond donors (Lipinski definition) is 3. The molecule has 0 spiro atoms. The minimum absolute atomic E-state index is 0.0523. The SMILES string of the molecule is CCNC(=O)COc1ccc(NC(=O)NCCc2coc(-c3ccc(OC)cc3)n2)cc1. The lowest BCUT2D eigenvalue weighted by Crippen LogP contribution is -2.30. The van der Waals surface area contributed by atoms with Gasteiger partial charge in [-0.25, -0.2) is 9.78 Å². The van der Waals surface area contributed by atoms with E-state index in [2.05, 4.69) is 20.9 Å². The zero-order valence-electron chi connectivity index (χ0n) is 18.0. The van der Waals surface area contributed by atoms with Gasteiger partial charge in [-0.1, -0.05) is 0 Å². The van der Waals surface area contributed by atoms with Gasteiger partial charge >= 0.3 is 6.03 Å². The van der Waals surface area contributed by atoms with Gasteiger partial charge in [-0.15, -0.1) is 0 Å². The number of ether oxygens (including phenoxy) is 2. The summed E-state index contributed by atoms with van der Waals surface area (Å²) in [5.74, 6) is 1.64. The summed E-state index contributed by atoms with van der Waals surface area (Å²) in [6.07, 6.45) is 2.11. The van der Waals surface area contributed by atoms with E-state index in [0.717, 1.165) is 17.0 Å². The second-order valence-corrected chi connectivity index (χ2v) is 6.77. The van der Waals surface area contributed by atoms with Gasteiger partial charge in [0.15, 0.2) is 6.61 Å². The van der Waals surface area contributed by atoms with Crippen molar-refractivity contribution in [3.05, 3.63) is 60.5 Å². The van der Waals surface area contributed by atoms with Crippen LogP contribution in [0.3, 0.4) is 0 Å². The van der Waals surface area contributed by atoms with E-state index in [0.29, 0.717) is 36.8 Å². The predicted molar refractivity (Wildman–Crippen MR) is 120 cm³/mol. The quantitative estimate of drug-likeness (QED) is 0.448. The molecule has 0 saturated carbocycles. The largest absolute Gasteiger partial charge is 0.497 e. The minimum atomic E-state index is -0.333. The Morgan fingerprint density at radius 2 is 1.72 bits per heavy atom. The molecule has 32 heavy (non-hydrogen) atoms. The maximum atomic E-state index is 12.1. The highest BCUT2D eigenvalue weighted by Crippen LogP contribution is 2.22. The number of benzene rings is 2. The number of carbonyl (C=O) groups excluding carboxylic acids is 2. The van der Waals surface area contributed by atoms with Gasteiger partial charge < -0.3 is 29.8 Å². The maximum Gasteiger partial charge on any atom is 0.319 e. The van der Waals surface area contributed by atoms with Crippen LogP contribution in [0.25, 0.3) is 11.5 Å². The van der Waals surface area contributed by atoms with Crippen molar-refractivity contribution in [2.45, 2.75) is 13.3 Å². The van der Waals surface area contributed by atoms with Gasteiger partial charge in [-0.2, -0.15) is 0 Å². The van der Waals surface area contributed by atoms with Crippen LogP contribution in [0.15, 0.2) is 59.2 Å². The molecule has 3 N–H and O–H groups in total. The summed E-state index contributed by atoms with van der Waals surface area (Å²) in [5.41, 5.74) is 2.20. The molecular formula is C23H26N4O5. The number of methoxy groups -OCH3 is 1. The average Bonchev–Trinajstić information content (AvgIpc) is 3.28. The Morgan fingerprint density at radius 1 is 1.00 bits per heavy atom. The molecule has 3 amide bonds. The van der Waals surface area contributed by atoms with Crippen molar-refractivity contribution in [3.63, 3.8) is 0 Å². The van der Waals surface area contributed by atoms with Crippen molar-refractivity contribution in [3.8, 4) is 23.0 Å². The fraction of sp³-hybridized carbons (Fsp3) is 0.261. The van der Waals surface area contributed by atoms with Crippen molar-refractivity contribution in [2.75, 3.05) is 32.1 Å². The summed E-state index contributed by atoms with van der Waals surface area (Å²) in [7, 11) is 1.61. The summed E-state index contributed by atoms with van der Waals surface area (Å²) in [4.78, 5) is 28.0. The first-order chi connectivity index (χ1) is 15.6. The van der Waals surface area contributed by atoms with Crippen LogP contribution in [0.5, 0.6) is 11.5 Å². The Kier molecular flexibility index (Phi) is 8.08. The number of carbonyl (C=O) groups is 2. The second-order valence-electron chi connectivity index (χ2n) is 6.77. The zero-order chi connectivity index (χ0) is 22.8. The van der Waals surface area contributed by atoms with Gasteiger partial charge in [-0.05, 0) is 55.5 Å². The van der Waals surface area contributed by atoms with Crippen molar-refractivity contribution in [1.82, 2.24) is 15.6 Å². The lowest BCUT2D eigenvalue weighted by molar-refractivity contribution is -0.122. The van der Waals surface area contributed by atoms with Gasteiger partial charge in [0.1, 0.15) is 17.8 Å². The number of nitrogens with zero attached hydrogens (tertiary/aromatic N) is 1. The lowest BCUT2D eigenvalue weighted by Gasteiger charge is -2.09. The number of oxazole rings is 1. The van der Waals surface area contributed by atoms with Crippen LogP contribution in [0.1, 0.15) is 12.6 Å². The fourth-order valence-electron chi connectivity index (χ4n) is 2.80. The Hall–Kier alpha value is -4.01. The molecule has 0 aliphatic heterocycles. The van der Waals surface area contributed by atoms with Crippen LogP contribution in [0.4, 0.5) is 10.5 Å². The predicted octanol–water partition coefficient (Wildman–Crippen LogP) is 3.23. The van der Waals surface area contributed by atoms with Crippen LogP contribution in [0.2, 0.25) is 0 Å². The van der Waals surface area contributed by atoms with E-state index in [1.807, 2.05) is 31.2 Å². The molecule has 9 heteroatoms. The molecule has 9 nitrogen and oxygen atoms in total. The molecule has 2 aromatic carbocycles. The molecule has 0 saturated heterocycles. The molecule has 168 valence electrons. The second kappa shape index (κ2) is 11.4. The first-order valence-electron chi connectivity index (χ1n) is 10.2. The molecule has 3 rings (SSSR count). The lowest BCUT2D eigenvalue weighted by atomic mass is 10.2. The summed E-state index contributed by atoms with van der Waals surface area (Å²) in [6.45, 7) is 2.74. The van der Waals surface area contributed by atoms with E-state index in [1.165, 1.54) is 0 Å². The normalized spacial score (nSPS) is 10.3. The Balaban J connectivity index is 1.40. The van der Waals surface area contributed by atoms with E-state index in [9.17, 15) is 9.59 Å². The third-order valence-corrected chi connectivity index (χ3v) is 4.41. The first kappa shape index (κ1) is 22.7.